The molecule has 2 fully saturated rings. The molecule has 0 spiro atoms. The molecule has 2 unspecified atom stereocenters. The van der Waals surface area contributed by atoms with E-state index < -0.39 is 15.8 Å². The lowest BCUT2D eigenvalue weighted by Gasteiger charge is -2.36. The van der Waals surface area contributed by atoms with Gasteiger partial charge in [0, 0.05) is 37.3 Å². The van der Waals surface area contributed by atoms with Gasteiger partial charge < -0.3 is 4.90 Å². The summed E-state index contributed by atoms with van der Waals surface area (Å²) in [6.45, 7) is 6.01. The van der Waals surface area contributed by atoms with Crippen molar-refractivity contribution in [3.05, 3.63) is 46.0 Å². The largest absolute Gasteiger partial charge is 0.367 e. The molecule has 7 heteroatoms. The summed E-state index contributed by atoms with van der Waals surface area (Å²) in [4.78, 5) is 28.1. The summed E-state index contributed by atoms with van der Waals surface area (Å²) in [5.41, 5.74) is 0.563. The van der Waals surface area contributed by atoms with E-state index in [1.165, 1.54) is 4.31 Å². The lowest BCUT2D eigenvalue weighted by atomic mass is 9.92. The SMILES string of the molecule is CC1CC(C)CN(S(=O)(=O)C2=C(N3CCCC3)C(=O)c3ccccc3C2=O)C1. The summed E-state index contributed by atoms with van der Waals surface area (Å²) in [6.07, 6.45) is 2.73. The molecule has 1 aromatic rings. The first-order valence-electron chi connectivity index (χ1n) is 9.98. The Morgan fingerprint density at radius 1 is 0.893 bits per heavy atom. The number of fused-ring (bicyclic) bond motifs is 1. The van der Waals surface area contributed by atoms with E-state index in [2.05, 4.69) is 0 Å². The molecule has 0 radical (unpaired) electrons. The molecule has 28 heavy (non-hydrogen) atoms. The molecule has 2 heterocycles. The smallest absolute Gasteiger partial charge is 0.249 e. The van der Waals surface area contributed by atoms with Gasteiger partial charge in [-0.2, -0.15) is 4.31 Å². The normalized spacial score (nSPS) is 26.7. The van der Waals surface area contributed by atoms with Crippen molar-refractivity contribution in [2.75, 3.05) is 26.2 Å². The van der Waals surface area contributed by atoms with Crippen LogP contribution in [0.2, 0.25) is 0 Å². The monoisotopic (exact) mass is 402 g/mol. The lowest BCUT2D eigenvalue weighted by molar-refractivity contribution is 0.0951. The topological polar surface area (TPSA) is 74.8 Å². The zero-order valence-corrected chi connectivity index (χ0v) is 17.2. The summed E-state index contributed by atoms with van der Waals surface area (Å²) >= 11 is 0. The predicted molar refractivity (Wildman–Crippen MR) is 106 cm³/mol. The standard InChI is InChI=1S/C21H26N2O4S/c1-14-11-15(2)13-23(12-14)28(26,27)21-18(22-9-5-6-10-22)19(24)16-7-3-4-8-17(16)20(21)25/h3-4,7-8,14-15H,5-6,9-13H2,1-2H3. The van der Waals surface area contributed by atoms with Gasteiger partial charge in [0.15, 0.2) is 4.91 Å². The second-order valence-electron chi connectivity index (χ2n) is 8.34. The minimum atomic E-state index is -4.06. The molecule has 0 amide bonds. The maximum absolute atomic E-state index is 13.6. The molecule has 0 aromatic heterocycles. The highest BCUT2D eigenvalue weighted by Gasteiger charge is 2.45. The third-order valence-corrected chi connectivity index (χ3v) is 7.78. The quantitative estimate of drug-likeness (QED) is 0.777. The number of hydrogen-bond acceptors (Lipinski definition) is 5. The molecule has 1 aliphatic carbocycles. The Morgan fingerprint density at radius 3 is 2.00 bits per heavy atom. The molecule has 3 aliphatic rings. The highest BCUT2D eigenvalue weighted by Crippen LogP contribution is 2.36. The van der Waals surface area contributed by atoms with Gasteiger partial charge in [-0.05, 0) is 31.1 Å². The molecule has 0 bridgehead atoms. The number of nitrogens with zero attached hydrogens (tertiary/aromatic N) is 2. The van der Waals surface area contributed by atoms with E-state index in [0.29, 0.717) is 31.7 Å². The number of ketones is 2. The van der Waals surface area contributed by atoms with Crippen molar-refractivity contribution in [1.29, 1.82) is 0 Å². The summed E-state index contributed by atoms with van der Waals surface area (Å²) in [7, 11) is -4.06. The number of Topliss-reactive ketones (excluding diaryl/α,β-unsaturated/α-hetero) is 2. The molecule has 2 atom stereocenters. The highest BCUT2D eigenvalue weighted by molar-refractivity contribution is 7.94. The second kappa shape index (κ2) is 7.12. The Hall–Kier alpha value is -1.99. The number of carbonyl (C=O) groups excluding carboxylic acids is 2. The predicted octanol–water partition coefficient (Wildman–Crippen LogP) is 2.68. The Balaban J connectivity index is 1.88. The molecule has 150 valence electrons. The number of likely N-dealkylation sites (tertiary alicyclic amines) is 1. The van der Waals surface area contributed by atoms with Crippen molar-refractivity contribution in [3.63, 3.8) is 0 Å². The Labute approximate surface area is 166 Å². The Bertz CT molecular complexity index is 950. The van der Waals surface area contributed by atoms with Crippen molar-refractivity contribution in [1.82, 2.24) is 9.21 Å². The zero-order chi connectivity index (χ0) is 20.1. The van der Waals surface area contributed by atoms with E-state index in [-0.39, 0.29) is 33.8 Å². The highest BCUT2D eigenvalue weighted by atomic mass is 32.2. The molecule has 2 saturated heterocycles. The van der Waals surface area contributed by atoms with Crippen LogP contribution in [0.15, 0.2) is 34.9 Å². The van der Waals surface area contributed by atoms with Crippen molar-refractivity contribution in [2.45, 2.75) is 33.1 Å². The van der Waals surface area contributed by atoms with Crippen LogP contribution in [0.4, 0.5) is 0 Å². The first kappa shape index (κ1) is 19.3. The second-order valence-corrected chi connectivity index (χ2v) is 10.2. The summed E-state index contributed by atoms with van der Waals surface area (Å²) in [5.74, 6) is -0.469. The van der Waals surface area contributed by atoms with Crippen molar-refractivity contribution in [2.24, 2.45) is 11.8 Å². The summed E-state index contributed by atoms with van der Waals surface area (Å²) in [5, 5.41) is 0. The van der Waals surface area contributed by atoms with E-state index in [9.17, 15) is 18.0 Å². The van der Waals surface area contributed by atoms with Crippen LogP contribution in [0.25, 0.3) is 0 Å². The fourth-order valence-electron chi connectivity index (χ4n) is 4.74. The number of carbonyl (C=O) groups is 2. The van der Waals surface area contributed by atoms with Crippen LogP contribution in [0, 0.1) is 11.8 Å². The van der Waals surface area contributed by atoms with Crippen LogP contribution < -0.4 is 0 Å². The molecular weight excluding hydrogens is 376 g/mol. The van der Waals surface area contributed by atoms with Crippen LogP contribution in [0.3, 0.4) is 0 Å². The van der Waals surface area contributed by atoms with Crippen LogP contribution in [-0.4, -0.2) is 55.4 Å². The molecule has 0 N–H and O–H groups in total. The molecule has 2 aliphatic heterocycles. The number of piperidine rings is 1. The van der Waals surface area contributed by atoms with Crippen molar-refractivity contribution >= 4 is 21.6 Å². The average Bonchev–Trinajstić information content (AvgIpc) is 3.17. The molecular formula is C21H26N2O4S. The fourth-order valence-corrected chi connectivity index (χ4v) is 6.71. The van der Waals surface area contributed by atoms with Gasteiger partial charge in [-0.3, -0.25) is 9.59 Å². The van der Waals surface area contributed by atoms with Gasteiger partial charge in [-0.15, -0.1) is 0 Å². The van der Waals surface area contributed by atoms with Gasteiger partial charge in [0.05, 0.1) is 0 Å². The van der Waals surface area contributed by atoms with Gasteiger partial charge in [-0.1, -0.05) is 38.1 Å². The maximum Gasteiger partial charge on any atom is 0.249 e. The van der Waals surface area contributed by atoms with Gasteiger partial charge >= 0.3 is 0 Å². The van der Waals surface area contributed by atoms with E-state index in [4.69, 9.17) is 0 Å². The van der Waals surface area contributed by atoms with Gasteiger partial charge in [0.1, 0.15) is 5.70 Å². The molecule has 0 saturated carbocycles. The summed E-state index contributed by atoms with van der Waals surface area (Å²) in [6, 6.07) is 6.53. The lowest BCUT2D eigenvalue weighted by Crippen LogP contribution is -2.46. The number of rotatable bonds is 3. The fraction of sp³-hybridized carbons (Fsp3) is 0.524. The van der Waals surface area contributed by atoms with Crippen LogP contribution in [0.1, 0.15) is 53.8 Å². The molecule has 4 rings (SSSR count). The van der Waals surface area contributed by atoms with E-state index in [1.807, 2.05) is 13.8 Å². The number of benzene rings is 1. The van der Waals surface area contributed by atoms with Gasteiger partial charge in [-0.25, -0.2) is 8.42 Å². The van der Waals surface area contributed by atoms with Gasteiger partial charge in [0.2, 0.25) is 21.6 Å². The average molecular weight is 403 g/mol. The number of allylic oxidation sites excluding steroid dienone is 2. The third kappa shape index (κ3) is 3.10. The minimum Gasteiger partial charge on any atom is -0.367 e. The van der Waals surface area contributed by atoms with Gasteiger partial charge in [0.25, 0.3) is 0 Å². The van der Waals surface area contributed by atoms with E-state index >= 15 is 0 Å². The zero-order valence-electron chi connectivity index (χ0n) is 16.3. The number of hydrogen-bond donors (Lipinski definition) is 0. The summed E-state index contributed by atoms with van der Waals surface area (Å²) < 4.78 is 28.7. The molecule has 6 nitrogen and oxygen atoms in total. The van der Waals surface area contributed by atoms with E-state index in [0.717, 1.165) is 19.3 Å². The van der Waals surface area contributed by atoms with Crippen LogP contribution >= 0.6 is 0 Å². The Morgan fingerprint density at radius 2 is 1.43 bits per heavy atom. The Kier molecular flexibility index (Phi) is 4.91. The first-order valence-corrected chi connectivity index (χ1v) is 11.4. The molecule has 1 aromatic carbocycles. The maximum atomic E-state index is 13.6. The van der Waals surface area contributed by atoms with E-state index in [1.54, 1.807) is 29.2 Å². The minimum absolute atomic E-state index is 0.0760. The van der Waals surface area contributed by atoms with Crippen LogP contribution in [-0.2, 0) is 10.0 Å². The van der Waals surface area contributed by atoms with Crippen molar-refractivity contribution < 1.29 is 18.0 Å². The van der Waals surface area contributed by atoms with Crippen molar-refractivity contribution in [3.8, 4) is 0 Å². The first-order chi connectivity index (χ1) is 13.3. The third-order valence-electron chi connectivity index (χ3n) is 5.91. The number of sulfonamides is 1. The van der Waals surface area contributed by atoms with Crippen LogP contribution in [0.5, 0.6) is 0 Å².